The largest absolute Gasteiger partial charge is 0.437 e. The van der Waals surface area contributed by atoms with E-state index in [1.807, 2.05) is 48.7 Å². The summed E-state index contributed by atoms with van der Waals surface area (Å²) in [5.74, 6) is 2.77. The maximum atomic E-state index is 6.55. The summed E-state index contributed by atoms with van der Waals surface area (Å²) in [6.45, 7) is 6.63. The molecule has 0 saturated heterocycles. The number of para-hydroxylation sites is 3. The normalized spacial score (nSPS) is 12.1. The molecule has 208 valence electrons. The van der Waals surface area contributed by atoms with Crippen molar-refractivity contribution in [1.29, 1.82) is 0 Å². The van der Waals surface area contributed by atoms with Gasteiger partial charge in [0.15, 0.2) is 0 Å². The zero-order valence-electron chi connectivity index (χ0n) is 24.2. The summed E-state index contributed by atoms with van der Waals surface area (Å²) in [7, 11) is 0. The molecule has 0 fully saturated rings. The minimum absolute atomic E-state index is 0.123. The topological polar surface area (TPSA) is 57.8 Å². The highest BCUT2D eigenvalue weighted by Crippen LogP contribution is 2.36. The molecule has 0 saturated carbocycles. The minimum atomic E-state index is -0.123. The lowest BCUT2D eigenvalue weighted by Crippen LogP contribution is -2.13. The van der Waals surface area contributed by atoms with Crippen molar-refractivity contribution in [3.05, 3.63) is 127 Å². The van der Waals surface area contributed by atoms with Crippen LogP contribution in [0.2, 0.25) is 0 Å². The van der Waals surface area contributed by atoms with Gasteiger partial charge in [0.25, 0.3) is 0 Å². The second-order valence-corrected chi connectivity index (χ2v) is 11.9. The standard InChI is InChI=1S/C37H29N5O/c1-37(2,3)24-20-34(41-29-15-7-4-12-26(29)27-13-5-8-16-30(27)41)40-35(21-24)43-25-22-32-36(39-23-25)28-14-6-9-17-31(28)42(32)33-18-10-11-19-38-33/h4-23H,1-3H3. The van der Waals surface area contributed by atoms with Gasteiger partial charge in [-0.15, -0.1) is 0 Å². The molecular weight excluding hydrogens is 530 g/mol. The van der Waals surface area contributed by atoms with Crippen LogP contribution in [-0.4, -0.2) is 24.1 Å². The summed E-state index contributed by atoms with van der Waals surface area (Å²) in [6, 6.07) is 37.4. The molecule has 5 aromatic heterocycles. The van der Waals surface area contributed by atoms with Crippen molar-refractivity contribution in [2.45, 2.75) is 26.2 Å². The van der Waals surface area contributed by atoms with E-state index in [9.17, 15) is 0 Å². The zero-order chi connectivity index (χ0) is 29.1. The molecule has 6 heteroatoms. The molecule has 5 heterocycles. The van der Waals surface area contributed by atoms with E-state index in [0.717, 1.165) is 50.2 Å². The molecule has 3 aromatic carbocycles. The van der Waals surface area contributed by atoms with Crippen molar-refractivity contribution < 1.29 is 4.74 Å². The predicted molar refractivity (Wildman–Crippen MR) is 174 cm³/mol. The lowest BCUT2D eigenvalue weighted by molar-refractivity contribution is 0.457. The number of hydrogen-bond acceptors (Lipinski definition) is 4. The molecule has 0 aliphatic carbocycles. The quantitative estimate of drug-likeness (QED) is 0.216. The van der Waals surface area contributed by atoms with E-state index < -0.39 is 0 Å². The molecule has 0 bridgehead atoms. The molecule has 8 aromatic rings. The maximum absolute atomic E-state index is 6.55. The van der Waals surface area contributed by atoms with Crippen molar-refractivity contribution in [3.63, 3.8) is 0 Å². The van der Waals surface area contributed by atoms with Gasteiger partial charge in [-0.05, 0) is 47.4 Å². The van der Waals surface area contributed by atoms with Crippen LogP contribution in [0.3, 0.4) is 0 Å². The van der Waals surface area contributed by atoms with Crippen molar-refractivity contribution in [1.82, 2.24) is 24.1 Å². The van der Waals surface area contributed by atoms with Crippen molar-refractivity contribution >= 4 is 43.7 Å². The molecule has 0 spiro atoms. The fourth-order valence-electron chi connectivity index (χ4n) is 5.98. The van der Waals surface area contributed by atoms with Crippen LogP contribution < -0.4 is 4.74 Å². The molecule has 0 radical (unpaired) electrons. The second kappa shape index (κ2) is 9.53. The summed E-state index contributed by atoms with van der Waals surface area (Å²) >= 11 is 0. The number of benzene rings is 3. The SMILES string of the molecule is CC(C)(C)c1cc(Oc2cnc3c4ccccc4n(-c4ccccn4)c3c2)nc(-n2c3ccccc3c3ccccc32)c1. The Hall–Kier alpha value is -5.49. The number of aromatic nitrogens is 5. The first kappa shape index (κ1) is 25.2. The van der Waals surface area contributed by atoms with Gasteiger partial charge in [-0.3, -0.25) is 14.1 Å². The van der Waals surface area contributed by atoms with E-state index in [1.54, 1.807) is 6.20 Å². The fourth-order valence-corrected chi connectivity index (χ4v) is 5.98. The van der Waals surface area contributed by atoms with Crippen LogP contribution in [0.25, 0.3) is 55.4 Å². The van der Waals surface area contributed by atoms with Gasteiger partial charge in [0.2, 0.25) is 5.88 Å². The van der Waals surface area contributed by atoms with Crippen LogP contribution in [0, 0.1) is 0 Å². The Labute approximate surface area is 248 Å². The Morgan fingerprint density at radius 1 is 0.581 bits per heavy atom. The van der Waals surface area contributed by atoms with Gasteiger partial charge in [0.1, 0.15) is 17.4 Å². The highest BCUT2D eigenvalue weighted by molar-refractivity contribution is 6.09. The first-order valence-corrected chi connectivity index (χ1v) is 14.5. The van der Waals surface area contributed by atoms with Crippen LogP contribution in [0.4, 0.5) is 0 Å². The molecule has 43 heavy (non-hydrogen) atoms. The Morgan fingerprint density at radius 2 is 1.19 bits per heavy atom. The Morgan fingerprint density at radius 3 is 1.84 bits per heavy atom. The lowest BCUT2D eigenvalue weighted by atomic mass is 9.87. The molecule has 0 unspecified atom stereocenters. The van der Waals surface area contributed by atoms with E-state index in [2.05, 4.69) is 102 Å². The number of ether oxygens (including phenoxy) is 1. The Balaban J connectivity index is 1.31. The molecule has 0 amide bonds. The lowest BCUT2D eigenvalue weighted by Gasteiger charge is -2.21. The second-order valence-electron chi connectivity index (χ2n) is 11.9. The van der Waals surface area contributed by atoms with E-state index in [-0.39, 0.29) is 5.41 Å². The molecule has 0 aliphatic heterocycles. The van der Waals surface area contributed by atoms with Gasteiger partial charge in [-0.2, -0.15) is 4.98 Å². The number of pyridine rings is 3. The van der Waals surface area contributed by atoms with Crippen LogP contribution >= 0.6 is 0 Å². The number of fused-ring (bicyclic) bond motifs is 6. The third kappa shape index (κ3) is 4.14. The van der Waals surface area contributed by atoms with Crippen LogP contribution in [-0.2, 0) is 5.41 Å². The minimum Gasteiger partial charge on any atom is -0.437 e. The summed E-state index contributed by atoms with van der Waals surface area (Å²) in [4.78, 5) is 14.6. The van der Waals surface area contributed by atoms with Gasteiger partial charge < -0.3 is 4.74 Å². The van der Waals surface area contributed by atoms with Crippen molar-refractivity contribution in [2.24, 2.45) is 0 Å². The van der Waals surface area contributed by atoms with Crippen molar-refractivity contribution in [2.75, 3.05) is 0 Å². The smallest absolute Gasteiger partial charge is 0.221 e. The molecule has 0 N–H and O–H groups in total. The van der Waals surface area contributed by atoms with Crippen LogP contribution in [0.5, 0.6) is 11.6 Å². The maximum Gasteiger partial charge on any atom is 0.221 e. The summed E-state index contributed by atoms with van der Waals surface area (Å²) in [5, 5.41) is 3.46. The number of rotatable bonds is 4. The fraction of sp³-hybridized carbons (Fsp3) is 0.108. The predicted octanol–water partition coefficient (Wildman–Crippen LogP) is 9.16. The third-order valence-electron chi connectivity index (χ3n) is 8.05. The van der Waals surface area contributed by atoms with E-state index in [0.29, 0.717) is 11.6 Å². The molecule has 0 atom stereocenters. The summed E-state index contributed by atoms with van der Waals surface area (Å²) in [6.07, 6.45) is 3.59. The van der Waals surface area contributed by atoms with Crippen molar-refractivity contribution in [3.8, 4) is 23.3 Å². The average molecular weight is 560 g/mol. The van der Waals surface area contributed by atoms with E-state index in [4.69, 9.17) is 14.7 Å². The third-order valence-corrected chi connectivity index (χ3v) is 8.05. The Kier molecular flexibility index (Phi) is 5.59. The number of hydrogen-bond donors (Lipinski definition) is 0. The first-order chi connectivity index (χ1) is 21.0. The van der Waals surface area contributed by atoms with Gasteiger partial charge in [-0.1, -0.05) is 81.4 Å². The zero-order valence-corrected chi connectivity index (χ0v) is 24.2. The Bertz CT molecular complexity index is 2260. The molecule has 8 rings (SSSR count). The first-order valence-electron chi connectivity index (χ1n) is 14.5. The van der Waals surface area contributed by atoms with Gasteiger partial charge in [0.05, 0.1) is 33.8 Å². The monoisotopic (exact) mass is 559 g/mol. The van der Waals surface area contributed by atoms with Crippen LogP contribution in [0.1, 0.15) is 26.3 Å². The van der Waals surface area contributed by atoms with Crippen LogP contribution in [0.15, 0.2) is 122 Å². The van der Waals surface area contributed by atoms with E-state index >= 15 is 0 Å². The highest BCUT2D eigenvalue weighted by Gasteiger charge is 2.21. The highest BCUT2D eigenvalue weighted by atomic mass is 16.5. The van der Waals surface area contributed by atoms with E-state index in [1.165, 1.54) is 10.8 Å². The average Bonchev–Trinajstić information content (AvgIpc) is 3.53. The van der Waals surface area contributed by atoms with Gasteiger partial charge >= 0.3 is 0 Å². The number of nitrogens with zero attached hydrogens (tertiary/aromatic N) is 5. The van der Waals surface area contributed by atoms with Gasteiger partial charge in [-0.25, -0.2) is 4.98 Å². The molecule has 0 aliphatic rings. The summed E-state index contributed by atoms with van der Waals surface area (Å²) in [5.41, 5.74) is 6.09. The molecular formula is C37H29N5O. The summed E-state index contributed by atoms with van der Waals surface area (Å²) < 4.78 is 10.9. The van der Waals surface area contributed by atoms with Gasteiger partial charge in [0, 0.05) is 34.5 Å². The molecule has 6 nitrogen and oxygen atoms in total.